The number of carbonyl (C=O) groups excluding carboxylic acids is 2. The molecule has 8 heteroatoms. The smallest absolute Gasteiger partial charge is 0.404 e. The third-order valence-electron chi connectivity index (χ3n) is 8.44. The molecule has 3 aliphatic carbocycles. The monoisotopic (exact) mass is 464 g/mol. The minimum absolute atomic E-state index is 0.0386. The fraction of sp³-hybridized carbons (Fsp3) is 0.920. The Morgan fingerprint density at radius 2 is 1.82 bits per heavy atom. The third-order valence-corrected chi connectivity index (χ3v) is 8.44. The summed E-state index contributed by atoms with van der Waals surface area (Å²) in [5.41, 5.74) is -0.0974. The van der Waals surface area contributed by atoms with E-state index in [0.29, 0.717) is 30.6 Å². The molecule has 1 heterocycles. The van der Waals surface area contributed by atoms with Crippen LogP contribution in [0.1, 0.15) is 93.4 Å². The molecule has 7 atom stereocenters. The Morgan fingerprint density at radius 3 is 2.39 bits per heavy atom. The van der Waals surface area contributed by atoms with Gasteiger partial charge in [-0.3, -0.25) is 9.59 Å². The quantitative estimate of drug-likeness (QED) is 0.322. The summed E-state index contributed by atoms with van der Waals surface area (Å²) in [5, 5.41) is 16.0. The van der Waals surface area contributed by atoms with Crippen molar-refractivity contribution in [2.75, 3.05) is 0 Å². The number of amides is 2. The molecule has 33 heavy (non-hydrogen) atoms. The van der Waals surface area contributed by atoms with Gasteiger partial charge in [-0.2, -0.15) is 0 Å². The number of hydrogen-bond acceptors (Lipinski definition) is 5. The Bertz CT molecular complexity index is 715. The number of rotatable bonds is 11. The molecule has 0 spiro atoms. The molecule has 0 aromatic rings. The molecule has 0 aromatic carbocycles. The van der Waals surface area contributed by atoms with E-state index in [2.05, 4.69) is 52.2 Å². The predicted molar refractivity (Wildman–Crippen MR) is 129 cm³/mol. The first-order valence-corrected chi connectivity index (χ1v) is 13.0. The second kappa shape index (κ2) is 10.2. The van der Waals surface area contributed by atoms with Crippen molar-refractivity contribution in [2.45, 2.75) is 123 Å². The number of hydrogen-bond donors (Lipinski definition) is 3. The fourth-order valence-electron chi connectivity index (χ4n) is 6.28. The zero-order valence-electron chi connectivity index (χ0n) is 21.6. The summed E-state index contributed by atoms with van der Waals surface area (Å²) in [6.45, 7) is 14.6. The van der Waals surface area contributed by atoms with Gasteiger partial charge < -0.3 is 25.0 Å². The summed E-state index contributed by atoms with van der Waals surface area (Å²) >= 11 is 0. The van der Waals surface area contributed by atoms with Gasteiger partial charge in [0.2, 0.25) is 11.8 Å². The van der Waals surface area contributed by atoms with E-state index in [4.69, 9.17) is 9.31 Å². The van der Waals surface area contributed by atoms with E-state index in [-0.39, 0.29) is 29.0 Å². The second-order valence-electron chi connectivity index (χ2n) is 11.8. The summed E-state index contributed by atoms with van der Waals surface area (Å²) in [7, 11) is -0.531. The molecule has 2 amide bonds. The van der Waals surface area contributed by atoms with Gasteiger partial charge in [0.25, 0.3) is 0 Å². The lowest BCUT2D eigenvalue weighted by molar-refractivity contribution is -0.199. The van der Waals surface area contributed by atoms with Crippen LogP contribution >= 0.6 is 0 Å². The van der Waals surface area contributed by atoms with Gasteiger partial charge in [-0.15, -0.1) is 0 Å². The Morgan fingerprint density at radius 1 is 1.12 bits per heavy atom. The summed E-state index contributed by atoms with van der Waals surface area (Å²) in [4.78, 5) is 25.5. The first-order chi connectivity index (χ1) is 15.4. The van der Waals surface area contributed by atoms with Crippen LogP contribution in [-0.2, 0) is 18.9 Å². The molecule has 4 rings (SSSR count). The van der Waals surface area contributed by atoms with Gasteiger partial charge in [-0.05, 0) is 62.7 Å². The molecule has 1 saturated heterocycles. The number of unbranched alkanes of at least 4 members (excludes halogenated alkanes) is 2. The zero-order chi connectivity index (χ0) is 24.6. The molecule has 3 saturated carbocycles. The van der Waals surface area contributed by atoms with E-state index in [1.54, 1.807) is 0 Å². The standard InChI is InChI=1S/C25H45BN2O5/c1-8-9-10-11-21(30)28-22(16(4)29)23(31)27-20(12-15(2)3)26-32-19-14-17-13-18(24(17,5)6)25(19,7)33-26/h15-20,22,29H,8-14H2,1-7H3,(H,27,31)(H,28,30)/t16-,17+,18+,19-,20+,22+,25+/m1/s1. The molecular weight excluding hydrogens is 419 g/mol. The summed E-state index contributed by atoms with van der Waals surface area (Å²) in [6, 6.07) is -1.00. The highest BCUT2D eigenvalue weighted by atomic mass is 16.7. The molecule has 0 aromatic heterocycles. The van der Waals surface area contributed by atoms with Crippen LogP contribution in [0, 0.1) is 23.2 Å². The van der Waals surface area contributed by atoms with E-state index in [9.17, 15) is 14.7 Å². The fourth-order valence-corrected chi connectivity index (χ4v) is 6.28. The summed E-state index contributed by atoms with van der Waals surface area (Å²) in [5.74, 6) is 0.468. The molecule has 188 valence electrons. The Balaban J connectivity index is 1.67. The molecule has 4 aliphatic rings. The number of carbonyl (C=O) groups is 2. The van der Waals surface area contributed by atoms with E-state index in [1.165, 1.54) is 13.3 Å². The number of aliphatic hydroxyl groups is 1. The van der Waals surface area contributed by atoms with Crippen molar-refractivity contribution >= 4 is 18.9 Å². The Kier molecular flexibility index (Phi) is 8.22. The van der Waals surface area contributed by atoms with Crippen LogP contribution in [0.3, 0.4) is 0 Å². The molecular formula is C25H45BN2O5. The average molecular weight is 464 g/mol. The highest BCUT2D eigenvalue weighted by Crippen LogP contribution is 2.65. The Labute approximate surface area is 200 Å². The van der Waals surface area contributed by atoms with Crippen LogP contribution in [-0.4, -0.2) is 53.8 Å². The first-order valence-electron chi connectivity index (χ1n) is 13.0. The molecule has 3 N–H and O–H groups in total. The summed E-state index contributed by atoms with van der Waals surface area (Å²) < 4.78 is 13.0. The van der Waals surface area contributed by atoms with Crippen LogP contribution in [0.25, 0.3) is 0 Å². The highest BCUT2D eigenvalue weighted by Gasteiger charge is 2.68. The zero-order valence-corrected chi connectivity index (χ0v) is 21.6. The van der Waals surface area contributed by atoms with Crippen molar-refractivity contribution in [3.8, 4) is 0 Å². The molecule has 0 unspecified atom stereocenters. The van der Waals surface area contributed by atoms with Gasteiger partial charge in [-0.25, -0.2) is 0 Å². The largest absolute Gasteiger partial charge is 0.481 e. The van der Waals surface area contributed by atoms with Crippen LogP contribution in [0.5, 0.6) is 0 Å². The van der Waals surface area contributed by atoms with Gasteiger partial charge >= 0.3 is 7.12 Å². The van der Waals surface area contributed by atoms with Crippen LogP contribution in [0.2, 0.25) is 0 Å². The SMILES string of the molecule is CCCCCC(=O)N[C@H](C(=O)N[C@@H](CC(C)C)B1O[C@@H]2C[C@@H]3C[C@@H](C3(C)C)[C@]2(C)O1)[C@@H](C)O. The lowest BCUT2D eigenvalue weighted by Gasteiger charge is -2.64. The second-order valence-corrected chi connectivity index (χ2v) is 11.8. The maximum absolute atomic E-state index is 13.2. The number of aliphatic hydroxyl groups excluding tert-OH is 1. The maximum atomic E-state index is 13.2. The normalized spacial score (nSPS) is 32.5. The van der Waals surface area contributed by atoms with Crippen molar-refractivity contribution in [2.24, 2.45) is 23.2 Å². The van der Waals surface area contributed by atoms with Gasteiger partial charge in [0.05, 0.1) is 23.8 Å². The van der Waals surface area contributed by atoms with Gasteiger partial charge in [-0.1, -0.05) is 47.5 Å². The van der Waals surface area contributed by atoms with Crippen LogP contribution in [0.4, 0.5) is 0 Å². The topological polar surface area (TPSA) is 96.9 Å². The lowest BCUT2D eigenvalue weighted by Crippen LogP contribution is -2.65. The van der Waals surface area contributed by atoms with E-state index in [0.717, 1.165) is 25.7 Å². The van der Waals surface area contributed by atoms with Gasteiger partial charge in [0.15, 0.2) is 0 Å². The van der Waals surface area contributed by atoms with Crippen molar-refractivity contribution in [1.29, 1.82) is 0 Å². The van der Waals surface area contributed by atoms with Gasteiger partial charge in [0.1, 0.15) is 6.04 Å². The lowest BCUT2D eigenvalue weighted by atomic mass is 9.43. The molecule has 7 nitrogen and oxygen atoms in total. The first kappa shape index (κ1) is 26.5. The minimum atomic E-state index is -1.00. The number of nitrogens with one attached hydrogen (secondary N) is 2. The van der Waals surface area contributed by atoms with Crippen molar-refractivity contribution in [3.05, 3.63) is 0 Å². The summed E-state index contributed by atoms with van der Waals surface area (Å²) in [6.07, 6.45) is 4.99. The predicted octanol–water partition coefficient (Wildman–Crippen LogP) is 3.23. The van der Waals surface area contributed by atoms with Gasteiger partial charge in [0, 0.05) is 6.42 Å². The highest BCUT2D eigenvalue weighted by molar-refractivity contribution is 6.48. The van der Waals surface area contributed by atoms with Crippen LogP contribution in [0.15, 0.2) is 0 Å². The van der Waals surface area contributed by atoms with E-state index in [1.807, 2.05) is 0 Å². The van der Waals surface area contributed by atoms with E-state index >= 15 is 0 Å². The van der Waals surface area contributed by atoms with Crippen molar-refractivity contribution in [3.63, 3.8) is 0 Å². The van der Waals surface area contributed by atoms with Crippen molar-refractivity contribution in [1.82, 2.24) is 10.6 Å². The average Bonchev–Trinajstić information content (AvgIpc) is 3.08. The van der Waals surface area contributed by atoms with Crippen molar-refractivity contribution < 1.29 is 24.0 Å². The minimum Gasteiger partial charge on any atom is -0.404 e. The third kappa shape index (κ3) is 5.43. The molecule has 0 radical (unpaired) electrons. The van der Waals surface area contributed by atoms with E-state index < -0.39 is 25.2 Å². The Hall–Kier alpha value is -1.12. The molecule has 2 bridgehead atoms. The maximum Gasteiger partial charge on any atom is 0.481 e. The van der Waals surface area contributed by atoms with Crippen LogP contribution < -0.4 is 10.6 Å². The molecule has 4 fully saturated rings. The molecule has 1 aliphatic heterocycles.